The van der Waals surface area contributed by atoms with Gasteiger partial charge in [-0.2, -0.15) is 0 Å². The molecule has 0 radical (unpaired) electrons. The van der Waals surface area contributed by atoms with Gasteiger partial charge in [-0.3, -0.25) is 9.59 Å². The maximum atomic E-state index is 13.4. The molecule has 0 saturated heterocycles. The number of benzene rings is 1. The fourth-order valence-electron chi connectivity index (χ4n) is 4.52. The summed E-state index contributed by atoms with van der Waals surface area (Å²) in [5.74, 6) is -2.33. The molecule has 1 saturated carbocycles. The number of aliphatic carboxylic acids is 1. The van der Waals surface area contributed by atoms with Gasteiger partial charge in [0.1, 0.15) is 5.00 Å². The zero-order valence-electron chi connectivity index (χ0n) is 18.3. The average molecular weight is 451 g/mol. The van der Waals surface area contributed by atoms with Gasteiger partial charge in [-0.15, -0.1) is 11.3 Å². The van der Waals surface area contributed by atoms with E-state index < -0.39 is 23.2 Å². The van der Waals surface area contributed by atoms with Gasteiger partial charge in [0.2, 0.25) is 5.91 Å². The largest absolute Gasteiger partial charge is 1.00 e. The Bertz CT molecular complexity index is 954. The third-order valence-corrected chi connectivity index (χ3v) is 7.18. The third-order valence-electron chi connectivity index (χ3n) is 6.16. The second-order valence-electron chi connectivity index (χ2n) is 8.22. The molecule has 3 rings (SSSR count). The van der Waals surface area contributed by atoms with Gasteiger partial charge in [0.05, 0.1) is 11.0 Å². The quantitative estimate of drug-likeness (QED) is 0.598. The van der Waals surface area contributed by atoms with Gasteiger partial charge in [-0.25, -0.2) is 0 Å². The molecule has 0 spiro atoms. The smallest absolute Gasteiger partial charge is 0.550 e. The molecule has 2 aromatic rings. The van der Waals surface area contributed by atoms with Gasteiger partial charge < -0.3 is 21.0 Å². The number of primary amides is 1. The number of amides is 2. The summed E-state index contributed by atoms with van der Waals surface area (Å²) in [5.41, 5.74) is 6.37. The summed E-state index contributed by atoms with van der Waals surface area (Å²) < 4.78 is 0. The van der Waals surface area contributed by atoms with Gasteiger partial charge in [0, 0.05) is 22.8 Å². The number of nitrogens with one attached hydrogen (secondary N) is 1. The molecule has 2 amide bonds. The number of hydrogen-bond acceptors (Lipinski definition) is 5. The van der Waals surface area contributed by atoms with Crippen molar-refractivity contribution in [2.24, 2.45) is 17.1 Å². The zero-order valence-corrected chi connectivity index (χ0v) is 21.1. The van der Waals surface area contributed by atoms with Crippen LogP contribution >= 0.6 is 11.3 Å². The minimum absolute atomic E-state index is 0. The van der Waals surface area contributed by atoms with Crippen LogP contribution in [0.15, 0.2) is 30.3 Å². The van der Waals surface area contributed by atoms with Crippen molar-refractivity contribution >= 4 is 34.1 Å². The molecule has 1 atom stereocenters. The molecule has 0 bridgehead atoms. The first kappa shape index (κ1) is 25.6. The molecule has 0 aliphatic heterocycles. The number of carboxylic acids is 1. The molecule has 1 aromatic heterocycles. The van der Waals surface area contributed by atoms with Crippen LogP contribution in [0.3, 0.4) is 0 Å². The van der Waals surface area contributed by atoms with Crippen molar-refractivity contribution < 1.29 is 49.0 Å². The van der Waals surface area contributed by atoms with E-state index in [1.807, 2.05) is 37.3 Å². The van der Waals surface area contributed by atoms with Crippen molar-refractivity contribution in [1.82, 2.24) is 0 Å². The van der Waals surface area contributed by atoms with Crippen molar-refractivity contribution in [3.63, 3.8) is 0 Å². The summed E-state index contributed by atoms with van der Waals surface area (Å²) >= 11 is 1.28. The predicted octanol–water partition coefficient (Wildman–Crippen LogP) is 0.492. The number of rotatable bonds is 7. The standard InChI is InChI=1S/C23H28N2O4S.Na/c1-14-18(15-9-5-3-6-10-15)19(20(24)28)21(30-14)25-22(29)23(2,13-17(26)27)16-11-7-4-8-12-16;/h3,5-6,9-10,16H,4,7-8,11-13H2,1-2H3,(H2,24,28)(H,25,29)(H,26,27);/q;+1/p-1. The molecule has 31 heavy (non-hydrogen) atoms. The maximum absolute atomic E-state index is 13.4. The summed E-state index contributed by atoms with van der Waals surface area (Å²) in [6.45, 7) is 3.56. The van der Waals surface area contributed by atoms with Crippen LogP contribution < -0.4 is 45.7 Å². The fourth-order valence-corrected chi connectivity index (χ4v) is 5.59. The van der Waals surface area contributed by atoms with Crippen LogP contribution in [0.2, 0.25) is 0 Å². The van der Waals surface area contributed by atoms with Crippen LogP contribution in [0.4, 0.5) is 5.00 Å². The summed E-state index contributed by atoms with van der Waals surface area (Å²) in [7, 11) is 0. The summed E-state index contributed by atoms with van der Waals surface area (Å²) in [6, 6.07) is 9.39. The van der Waals surface area contributed by atoms with Crippen LogP contribution in [0.25, 0.3) is 11.1 Å². The Hall–Kier alpha value is -1.67. The third kappa shape index (κ3) is 5.58. The first-order valence-corrected chi connectivity index (χ1v) is 11.1. The number of carboxylic acid groups (broad SMARTS) is 1. The van der Waals surface area contributed by atoms with Crippen molar-refractivity contribution in [3.05, 3.63) is 40.8 Å². The molecular weight excluding hydrogens is 423 g/mol. The number of carbonyl (C=O) groups excluding carboxylic acids is 3. The SMILES string of the molecule is Cc1sc(NC(=O)C(C)(CC(=O)[O-])C2CCCCC2)c(C(N)=O)c1-c1ccccc1.[Na+]. The Kier molecular flexibility index (Phi) is 8.89. The normalized spacial score (nSPS) is 16.1. The number of hydrogen-bond donors (Lipinski definition) is 2. The number of aryl methyl sites for hydroxylation is 1. The topological polar surface area (TPSA) is 112 Å². The molecule has 6 nitrogen and oxygen atoms in total. The molecule has 1 aliphatic rings. The molecule has 1 fully saturated rings. The van der Waals surface area contributed by atoms with E-state index in [1.54, 1.807) is 6.92 Å². The van der Waals surface area contributed by atoms with Gasteiger partial charge in [-0.1, -0.05) is 56.5 Å². The molecular formula is C23H27N2NaO4S. The molecule has 1 aromatic carbocycles. The van der Waals surface area contributed by atoms with Gasteiger partial charge in [0.25, 0.3) is 5.91 Å². The summed E-state index contributed by atoms with van der Waals surface area (Å²) in [5, 5.41) is 14.7. The minimum Gasteiger partial charge on any atom is -0.550 e. The first-order valence-electron chi connectivity index (χ1n) is 10.2. The number of anilines is 1. The first-order chi connectivity index (χ1) is 14.2. The number of thiophene rings is 1. The predicted molar refractivity (Wildman–Crippen MR) is 116 cm³/mol. The van der Waals surface area contributed by atoms with Gasteiger partial charge in [-0.05, 0) is 31.2 Å². The molecule has 1 aliphatic carbocycles. The van der Waals surface area contributed by atoms with Crippen LogP contribution in [-0.4, -0.2) is 17.8 Å². The monoisotopic (exact) mass is 450 g/mol. The second-order valence-corrected chi connectivity index (χ2v) is 9.45. The molecule has 8 heteroatoms. The minimum atomic E-state index is -1.25. The zero-order chi connectivity index (χ0) is 21.9. The van der Waals surface area contributed by atoms with Crippen LogP contribution in [0, 0.1) is 18.3 Å². The van der Waals surface area contributed by atoms with Crippen molar-refractivity contribution in [2.45, 2.75) is 52.4 Å². The Morgan fingerprint density at radius 2 is 1.77 bits per heavy atom. The average Bonchev–Trinajstić information content (AvgIpc) is 3.04. The van der Waals surface area contributed by atoms with E-state index in [0.717, 1.165) is 42.5 Å². The van der Waals surface area contributed by atoms with Crippen LogP contribution in [0.1, 0.15) is 60.7 Å². The fraction of sp³-hybridized carbons (Fsp3) is 0.435. The van der Waals surface area contributed by atoms with Crippen LogP contribution in [0.5, 0.6) is 0 Å². The summed E-state index contributed by atoms with van der Waals surface area (Å²) in [6.07, 6.45) is 4.30. The van der Waals surface area contributed by atoms with Crippen LogP contribution in [-0.2, 0) is 9.59 Å². The van der Waals surface area contributed by atoms with E-state index in [-0.39, 0.29) is 47.5 Å². The van der Waals surface area contributed by atoms with Crippen molar-refractivity contribution in [1.29, 1.82) is 0 Å². The van der Waals surface area contributed by atoms with E-state index in [1.165, 1.54) is 11.3 Å². The van der Waals surface area contributed by atoms with Crippen molar-refractivity contribution in [2.75, 3.05) is 5.32 Å². The Morgan fingerprint density at radius 3 is 2.32 bits per heavy atom. The second kappa shape index (κ2) is 10.8. The van der Waals surface area contributed by atoms with Crippen molar-refractivity contribution in [3.8, 4) is 11.1 Å². The number of carbonyl (C=O) groups is 3. The van der Waals surface area contributed by atoms with Gasteiger partial charge >= 0.3 is 29.6 Å². The van der Waals surface area contributed by atoms with E-state index in [2.05, 4.69) is 5.32 Å². The van der Waals surface area contributed by atoms with E-state index >= 15 is 0 Å². The molecule has 160 valence electrons. The maximum Gasteiger partial charge on any atom is 1.00 e. The molecule has 1 heterocycles. The van der Waals surface area contributed by atoms with E-state index in [9.17, 15) is 19.5 Å². The number of nitrogens with two attached hydrogens (primary N) is 1. The molecule has 3 N–H and O–H groups in total. The Labute approximate surface area is 208 Å². The van der Waals surface area contributed by atoms with E-state index in [4.69, 9.17) is 5.73 Å². The summed E-state index contributed by atoms with van der Waals surface area (Å²) in [4.78, 5) is 38.0. The Balaban J connectivity index is 0.00000341. The Morgan fingerprint density at radius 1 is 1.16 bits per heavy atom. The van der Waals surface area contributed by atoms with E-state index in [0.29, 0.717) is 10.6 Å². The molecule has 1 unspecified atom stereocenters. The van der Waals surface area contributed by atoms with Gasteiger partial charge in [0.15, 0.2) is 0 Å².